The fourth-order valence-corrected chi connectivity index (χ4v) is 0.953. The largest absolute Gasteiger partial charge is 0.476 e. The van der Waals surface area contributed by atoms with E-state index in [-0.39, 0.29) is 12.3 Å². The topological polar surface area (TPSA) is 80.4 Å². The molecule has 0 aromatic carbocycles. The number of aliphatic carboxylic acids is 1. The Morgan fingerprint density at radius 1 is 1.43 bits per heavy atom. The molecule has 0 amide bonds. The molecule has 0 aliphatic rings. The molecule has 0 aliphatic carbocycles. The summed E-state index contributed by atoms with van der Waals surface area (Å²) in [4.78, 5) is 20.9. The van der Waals surface area contributed by atoms with Crippen LogP contribution in [0.1, 0.15) is 20.3 Å². The maximum atomic E-state index is 12.6. The molecule has 0 fully saturated rings. The molecule has 0 bridgehead atoms. The summed E-state index contributed by atoms with van der Waals surface area (Å²) < 4.78 is 25.2. The van der Waals surface area contributed by atoms with E-state index in [0.717, 1.165) is 0 Å². The van der Waals surface area contributed by atoms with Crippen molar-refractivity contribution in [2.75, 3.05) is 0 Å². The Bertz CT molecular complexity index is 241. The summed E-state index contributed by atoms with van der Waals surface area (Å²) in [7, 11) is 0. The third kappa shape index (κ3) is 3.02. The Hall–Kier alpha value is -1.04. The van der Waals surface area contributed by atoms with Crippen LogP contribution in [-0.2, 0) is 9.59 Å². The first-order valence-corrected chi connectivity index (χ1v) is 4.10. The molecule has 0 aromatic heterocycles. The van der Waals surface area contributed by atoms with Gasteiger partial charge in [0.25, 0.3) is 0 Å². The molecule has 0 aliphatic heterocycles. The number of alkyl halides is 2. The molecule has 82 valence electrons. The number of nitrogens with two attached hydrogens (primary N) is 1. The monoisotopic (exact) mass is 209 g/mol. The fraction of sp³-hybridized carbons (Fsp3) is 0.750. The lowest BCUT2D eigenvalue weighted by atomic mass is 9.98. The zero-order valence-electron chi connectivity index (χ0n) is 7.96. The number of rotatable bonds is 5. The van der Waals surface area contributed by atoms with Crippen molar-refractivity contribution in [2.45, 2.75) is 32.2 Å². The number of hydrogen-bond donors (Lipinski definition) is 2. The number of halogens is 2. The molecule has 14 heavy (non-hydrogen) atoms. The Kier molecular flexibility index (Phi) is 4.12. The van der Waals surface area contributed by atoms with Gasteiger partial charge in [0.05, 0.1) is 6.04 Å². The quantitative estimate of drug-likeness (QED) is 0.651. The lowest BCUT2D eigenvalue weighted by Gasteiger charge is -2.16. The van der Waals surface area contributed by atoms with Gasteiger partial charge in [0, 0.05) is 0 Å². The maximum Gasteiger partial charge on any atom is 0.401 e. The van der Waals surface area contributed by atoms with Crippen LogP contribution in [0.2, 0.25) is 0 Å². The molecule has 0 rings (SSSR count). The van der Waals surface area contributed by atoms with Gasteiger partial charge >= 0.3 is 11.9 Å². The Balaban J connectivity index is 4.53. The molecule has 0 heterocycles. The average molecular weight is 209 g/mol. The first-order valence-electron chi connectivity index (χ1n) is 4.10. The summed E-state index contributed by atoms with van der Waals surface area (Å²) in [6.07, 6.45) is 0.0434. The van der Waals surface area contributed by atoms with Crippen LogP contribution < -0.4 is 5.73 Å². The van der Waals surface area contributed by atoms with Gasteiger partial charge in [0.1, 0.15) is 0 Å². The molecule has 0 radical (unpaired) electrons. The predicted octanol–water partition coefficient (Wildman–Crippen LogP) is 0.649. The van der Waals surface area contributed by atoms with Gasteiger partial charge < -0.3 is 10.8 Å². The number of carbonyl (C=O) groups is 2. The summed E-state index contributed by atoms with van der Waals surface area (Å²) in [5, 5.41) is 8.07. The third-order valence-electron chi connectivity index (χ3n) is 1.64. The normalized spacial score (nSPS) is 14.1. The molecule has 0 saturated heterocycles. The van der Waals surface area contributed by atoms with E-state index >= 15 is 0 Å². The zero-order chi connectivity index (χ0) is 11.5. The van der Waals surface area contributed by atoms with Crippen molar-refractivity contribution in [1.29, 1.82) is 0 Å². The Labute approximate surface area is 80.1 Å². The molecule has 4 nitrogen and oxygen atoms in total. The number of carbonyl (C=O) groups excluding carboxylic acids is 1. The number of ketones is 1. The molecule has 0 spiro atoms. The predicted molar refractivity (Wildman–Crippen MR) is 45.0 cm³/mol. The van der Waals surface area contributed by atoms with E-state index in [9.17, 15) is 18.4 Å². The standard InChI is InChI=1S/C8H13F2NO3/c1-4(2)3-5(11)6(12)8(9,10)7(13)14/h4-5H,3,11H2,1-2H3,(H,13,14). The van der Waals surface area contributed by atoms with Gasteiger partial charge in [-0.25, -0.2) is 4.79 Å². The van der Waals surface area contributed by atoms with Crippen molar-refractivity contribution in [3.05, 3.63) is 0 Å². The molecular weight excluding hydrogens is 196 g/mol. The zero-order valence-corrected chi connectivity index (χ0v) is 7.96. The second-order valence-electron chi connectivity index (χ2n) is 3.48. The van der Waals surface area contributed by atoms with Crippen LogP contribution in [0.15, 0.2) is 0 Å². The first-order chi connectivity index (χ1) is 6.19. The Morgan fingerprint density at radius 2 is 1.86 bits per heavy atom. The van der Waals surface area contributed by atoms with Gasteiger partial charge in [-0.3, -0.25) is 4.79 Å². The Morgan fingerprint density at radius 3 is 2.14 bits per heavy atom. The number of Topliss-reactive ketones (excluding diaryl/α,β-unsaturated/α-hetero) is 1. The summed E-state index contributed by atoms with van der Waals surface area (Å²) >= 11 is 0. The van der Waals surface area contributed by atoms with E-state index < -0.39 is 23.7 Å². The van der Waals surface area contributed by atoms with Crippen LogP contribution in [0.25, 0.3) is 0 Å². The van der Waals surface area contributed by atoms with Crippen LogP contribution >= 0.6 is 0 Å². The molecule has 6 heteroatoms. The maximum absolute atomic E-state index is 12.6. The number of carboxylic acids is 1. The highest BCUT2D eigenvalue weighted by Crippen LogP contribution is 2.18. The summed E-state index contributed by atoms with van der Waals surface area (Å²) in [6.45, 7) is 3.40. The van der Waals surface area contributed by atoms with Crippen molar-refractivity contribution in [3.8, 4) is 0 Å². The summed E-state index contributed by atoms with van der Waals surface area (Å²) in [5.74, 6) is -8.62. The van der Waals surface area contributed by atoms with Crippen molar-refractivity contribution < 1.29 is 23.5 Å². The smallest absolute Gasteiger partial charge is 0.401 e. The lowest BCUT2D eigenvalue weighted by Crippen LogP contribution is -2.48. The van der Waals surface area contributed by atoms with Gasteiger partial charge in [-0.2, -0.15) is 8.78 Å². The van der Waals surface area contributed by atoms with Crippen LogP contribution in [0.5, 0.6) is 0 Å². The summed E-state index contributed by atoms with van der Waals surface area (Å²) in [6, 6.07) is -1.43. The van der Waals surface area contributed by atoms with Crippen LogP contribution in [0.3, 0.4) is 0 Å². The van der Waals surface area contributed by atoms with E-state index in [1.54, 1.807) is 13.8 Å². The van der Waals surface area contributed by atoms with E-state index in [2.05, 4.69) is 0 Å². The second-order valence-corrected chi connectivity index (χ2v) is 3.48. The minimum atomic E-state index is -4.38. The molecule has 0 saturated carbocycles. The van der Waals surface area contributed by atoms with Crippen molar-refractivity contribution in [1.82, 2.24) is 0 Å². The van der Waals surface area contributed by atoms with Gasteiger partial charge in [0.2, 0.25) is 5.78 Å². The van der Waals surface area contributed by atoms with Crippen LogP contribution in [0, 0.1) is 5.92 Å². The van der Waals surface area contributed by atoms with Crippen molar-refractivity contribution in [3.63, 3.8) is 0 Å². The minimum Gasteiger partial charge on any atom is -0.476 e. The van der Waals surface area contributed by atoms with E-state index in [1.807, 2.05) is 0 Å². The van der Waals surface area contributed by atoms with Crippen molar-refractivity contribution in [2.24, 2.45) is 11.7 Å². The van der Waals surface area contributed by atoms with E-state index in [0.29, 0.717) is 0 Å². The van der Waals surface area contributed by atoms with Gasteiger partial charge in [0.15, 0.2) is 0 Å². The second kappa shape index (κ2) is 4.45. The van der Waals surface area contributed by atoms with Crippen LogP contribution in [0.4, 0.5) is 8.78 Å². The molecule has 3 N–H and O–H groups in total. The molecule has 1 atom stereocenters. The highest BCUT2D eigenvalue weighted by atomic mass is 19.3. The third-order valence-corrected chi connectivity index (χ3v) is 1.64. The van der Waals surface area contributed by atoms with Gasteiger partial charge in [-0.1, -0.05) is 13.8 Å². The van der Waals surface area contributed by atoms with Gasteiger partial charge in [-0.05, 0) is 12.3 Å². The molecular formula is C8H13F2NO3. The minimum absolute atomic E-state index is 0.0430. The van der Waals surface area contributed by atoms with Gasteiger partial charge in [-0.15, -0.1) is 0 Å². The number of hydrogen-bond acceptors (Lipinski definition) is 3. The summed E-state index contributed by atoms with van der Waals surface area (Å²) in [5.41, 5.74) is 5.15. The highest BCUT2D eigenvalue weighted by Gasteiger charge is 2.49. The SMILES string of the molecule is CC(C)CC(N)C(=O)C(F)(F)C(=O)O. The van der Waals surface area contributed by atoms with E-state index in [1.165, 1.54) is 0 Å². The average Bonchev–Trinajstić information content (AvgIpc) is 2.01. The lowest BCUT2D eigenvalue weighted by molar-refractivity contribution is -0.172. The fourth-order valence-electron chi connectivity index (χ4n) is 0.953. The van der Waals surface area contributed by atoms with Crippen molar-refractivity contribution >= 4 is 11.8 Å². The molecule has 0 aromatic rings. The first kappa shape index (κ1) is 13.0. The van der Waals surface area contributed by atoms with Crippen LogP contribution in [-0.4, -0.2) is 28.8 Å². The number of carboxylic acid groups (broad SMARTS) is 1. The molecule has 1 unspecified atom stereocenters. The van der Waals surface area contributed by atoms with E-state index in [4.69, 9.17) is 10.8 Å². The highest BCUT2D eigenvalue weighted by molar-refractivity contribution is 6.06.